The van der Waals surface area contributed by atoms with Gasteiger partial charge in [-0.2, -0.15) is 0 Å². The number of carbonyl (C=O) groups is 1. The Morgan fingerprint density at radius 1 is 1.13 bits per heavy atom. The van der Waals surface area contributed by atoms with E-state index in [4.69, 9.17) is 4.74 Å². The van der Waals surface area contributed by atoms with Crippen molar-refractivity contribution in [1.29, 1.82) is 0 Å². The van der Waals surface area contributed by atoms with E-state index in [1.54, 1.807) is 28.8 Å². The molecule has 39 heavy (non-hydrogen) atoms. The van der Waals surface area contributed by atoms with Gasteiger partial charge in [-0.3, -0.25) is 0 Å². The number of piperidine rings is 1. The van der Waals surface area contributed by atoms with E-state index in [2.05, 4.69) is 45.8 Å². The first-order valence-electron chi connectivity index (χ1n) is 13.2. The maximum atomic E-state index is 13.1. The fourth-order valence-corrected chi connectivity index (χ4v) is 5.63. The highest BCUT2D eigenvalue weighted by molar-refractivity contribution is 5.70. The topological polar surface area (TPSA) is 59.8 Å². The third-order valence-electron chi connectivity index (χ3n) is 7.76. The van der Waals surface area contributed by atoms with Crippen molar-refractivity contribution in [3.05, 3.63) is 78.2 Å². The zero-order valence-electron chi connectivity index (χ0n) is 22.1. The minimum Gasteiger partial charge on any atom is -0.406 e. The smallest absolute Gasteiger partial charge is 0.406 e. The van der Waals surface area contributed by atoms with Gasteiger partial charge >= 0.3 is 12.5 Å². The number of aromatic nitrogens is 2. The number of ether oxygens (including phenoxy) is 2. The van der Waals surface area contributed by atoms with Gasteiger partial charge < -0.3 is 23.8 Å². The molecule has 3 unspecified atom stereocenters. The maximum Gasteiger partial charge on any atom is 0.573 e. The van der Waals surface area contributed by atoms with Crippen LogP contribution in [0.1, 0.15) is 30.4 Å². The van der Waals surface area contributed by atoms with Gasteiger partial charge in [0, 0.05) is 33.2 Å². The summed E-state index contributed by atoms with van der Waals surface area (Å²) >= 11 is 0. The van der Waals surface area contributed by atoms with E-state index in [0.29, 0.717) is 35.8 Å². The Kier molecular flexibility index (Phi) is 7.83. The van der Waals surface area contributed by atoms with E-state index in [1.165, 1.54) is 30.1 Å². The molecule has 1 aliphatic carbocycles. The van der Waals surface area contributed by atoms with Crippen molar-refractivity contribution in [2.24, 2.45) is 24.8 Å². The molecule has 3 aromatic rings. The first-order chi connectivity index (χ1) is 18.6. The van der Waals surface area contributed by atoms with E-state index in [9.17, 15) is 18.0 Å². The SMILES string of the molecule is CC(CCN1CC2C(C1)C2CN(Cc1cccc(OC(F)(F)F)c1)C(=O)Oc1cn(C)cn1)c1ccccc1. The van der Waals surface area contributed by atoms with Crippen molar-refractivity contribution in [1.82, 2.24) is 19.4 Å². The molecule has 7 nitrogen and oxygen atoms in total. The van der Waals surface area contributed by atoms with E-state index < -0.39 is 12.5 Å². The van der Waals surface area contributed by atoms with Crippen LogP contribution in [0.15, 0.2) is 67.1 Å². The van der Waals surface area contributed by atoms with Gasteiger partial charge in [-0.25, -0.2) is 9.78 Å². The second-order valence-electron chi connectivity index (χ2n) is 10.7. The third-order valence-corrected chi connectivity index (χ3v) is 7.76. The molecule has 1 aromatic heterocycles. The van der Waals surface area contributed by atoms with Crippen molar-refractivity contribution in [3.63, 3.8) is 0 Å². The van der Waals surface area contributed by atoms with E-state index >= 15 is 0 Å². The molecule has 1 aliphatic heterocycles. The Bertz CT molecular complexity index is 1250. The number of aryl methyl sites for hydroxylation is 1. The fourth-order valence-electron chi connectivity index (χ4n) is 5.63. The van der Waals surface area contributed by atoms with Crippen LogP contribution in [0.3, 0.4) is 0 Å². The minimum atomic E-state index is -4.79. The Hall–Kier alpha value is -3.53. The number of alkyl halides is 3. The van der Waals surface area contributed by atoms with Gasteiger partial charge in [-0.1, -0.05) is 49.4 Å². The summed E-state index contributed by atoms with van der Waals surface area (Å²) < 4.78 is 49.4. The second-order valence-corrected chi connectivity index (χ2v) is 10.7. The van der Waals surface area contributed by atoms with E-state index in [-0.39, 0.29) is 18.2 Å². The van der Waals surface area contributed by atoms with Gasteiger partial charge in [-0.15, -0.1) is 13.2 Å². The van der Waals surface area contributed by atoms with Gasteiger partial charge in [0.25, 0.3) is 0 Å². The molecular weight excluding hydrogens is 509 g/mol. The zero-order chi connectivity index (χ0) is 27.6. The number of carbonyl (C=O) groups excluding carboxylic acids is 1. The van der Waals surface area contributed by atoms with Gasteiger partial charge in [0.1, 0.15) is 5.75 Å². The van der Waals surface area contributed by atoms with E-state index in [1.807, 2.05) is 6.07 Å². The Labute approximate surface area is 226 Å². The number of likely N-dealkylation sites (tertiary alicyclic amines) is 1. The lowest BCUT2D eigenvalue weighted by Crippen LogP contribution is -2.37. The number of fused-ring (bicyclic) bond motifs is 1. The van der Waals surface area contributed by atoms with Crippen LogP contribution < -0.4 is 9.47 Å². The summed E-state index contributed by atoms with van der Waals surface area (Å²) in [6.45, 7) is 5.86. The molecular formula is C29H33F3N4O3. The molecule has 208 valence electrons. The monoisotopic (exact) mass is 542 g/mol. The summed E-state index contributed by atoms with van der Waals surface area (Å²) in [6.07, 6.45) is -1.15. The number of hydrogen-bond donors (Lipinski definition) is 0. The van der Waals surface area contributed by atoms with Crippen LogP contribution in [-0.4, -0.2) is 58.0 Å². The number of nitrogens with zero attached hydrogens (tertiary/aromatic N) is 4. The predicted molar refractivity (Wildman–Crippen MR) is 139 cm³/mol. The lowest BCUT2D eigenvalue weighted by molar-refractivity contribution is -0.274. The summed E-state index contributed by atoms with van der Waals surface area (Å²) in [5.74, 6) is 1.69. The molecule has 0 radical (unpaired) electrons. The zero-order valence-corrected chi connectivity index (χ0v) is 22.1. The first kappa shape index (κ1) is 27.1. The number of halogens is 3. The summed E-state index contributed by atoms with van der Waals surface area (Å²) in [5, 5.41) is 0. The number of hydrogen-bond acceptors (Lipinski definition) is 5. The lowest BCUT2D eigenvalue weighted by Gasteiger charge is -2.25. The molecule has 10 heteroatoms. The standard InChI is InChI=1S/C29H33F3N4O3/c1-20(22-8-4-3-5-9-22)11-12-35-15-24-25(16-35)26(24)17-36(28(37)38-27-18-34(2)19-33-27)14-21-7-6-10-23(13-21)39-29(30,31)32/h3-10,13,18-20,24-26H,11-12,14-17H2,1-2H3. The molecule has 0 N–H and O–H groups in total. The van der Waals surface area contributed by atoms with E-state index in [0.717, 1.165) is 26.1 Å². The molecule has 1 amide bonds. The molecule has 2 fully saturated rings. The highest BCUT2D eigenvalue weighted by Gasteiger charge is 2.56. The normalized spacial score (nSPS) is 21.3. The van der Waals surface area contributed by atoms with Gasteiger partial charge in [0.05, 0.1) is 12.5 Å². The maximum absolute atomic E-state index is 13.1. The molecule has 1 saturated carbocycles. The Balaban J connectivity index is 1.19. The lowest BCUT2D eigenvalue weighted by atomic mass is 9.98. The largest absolute Gasteiger partial charge is 0.573 e. The molecule has 1 saturated heterocycles. The minimum absolute atomic E-state index is 0.106. The predicted octanol–water partition coefficient (Wildman–Crippen LogP) is 5.69. The van der Waals surface area contributed by atoms with Crippen LogP contribution in [0.25, 0.3) is 0 Å². The molecule has 0 spiro atoms. The number of amides is 1. The van der Waals surface area contributed by atoms with Crippen molar-refractivity contribution >= 4 is 6.09 Å². The number of imidazole rings is 1. The van der Waals surface area contributed by atoms with Gasteiger partial charge in [0.15, 0.2) is 0 Å². The first-order valence-corrected chi connectivity index (χ1v) is 13.2. The number of benzene rings is 2. The van der Waals surface area contributed by atoms with Crippen molar-refractivity contribution < 1.29 is 27.4 Å². The molecule has 5 rings (SSSR count). The fraction of sp³-hybridized carbons (Fsp3) is 0.448. The highest BCUT2D eigenvalue weighted by atomic mass is 19.4. The van der Waals surface area contributed by atoms with Gasteiger partial charge in [0.2, 0.25) is 5.88 Å². The molecule has 2 heterocycles. The average Bonchev–Trinajstić information content (AvgIpc) is 3.19. The van der Waals surface area contributed by atoms with Crippen LogP contribution in [0.5, 0.6) is 11.6 Å². The van der Waals surface area contributed by atoms with Crippen LogP contribution >= 0.6 is 0 Å². The van der Waals surface area contributed by atoms with Crippen molar-refractivity contribution in [2.75, 3.05) is 26.2 Å². The van der Waals surface area contributed by atoms with Crippen molar-refractivity contribution in [2.45, 2.75) is 32.2 Å². The van der Waals surface area contributed by atoms with Crippen LogP contribution in [0, 0.1) is 17.8 Å². The Morgan fingerprint density at radius 3 is 2.54 bits per heavy atom. The third kappa shape index (κ3) is 7.11. The summed E-state index contributed by atoms with van der Waals surface area (Å²) in [6, 6.07) is 16.2. The highest BCUT2D eigenvalue weighted by Crippen LogP contribution is 2.52. The quantitative estimate of drug-likeness (QED) is 0.329. The molecule has 2 aromatic carbocycles. The van der Waals surface area contributed by atoms with Gasteiger partial charge in [-0.05, 0) is 59.9 Å². The van der Waals surface area contributed by atoms with Crippen LogP contribution in [0.4, 0.5) is 18.0 Å². The average molecular weight is 543 g/mol. The summed E-state index contributed by atoms with van der Waals surface area (Å²) in [5.41, 5.74) is 1.88. The van der Waals surface area contributed by atoms with Crippen molar-refractivity contribution in [3.8, 4) is 11.6 Å². The van der Waals surface area contributed by atoms with Crippen LogP contribution in [-0.2, 0) is 13.6 Å². The molecule has 2 aliphatic rings. The summed E-state index contributed by atoms with van der Waals surface area (Å²) in [7, 11) is 1.77. The van der Waals surface area contributed by atoms with Crippen LogP contribution in [0.2, 0.25) is 0 Å². The Morgan fingerprint density at radius 2 is 1.87 bits per heavy atom. The summed E-state index contributed by atoms with van der Waals surface area (Å²) in [4.78, 5) is 21.3. The molecule has 0 bridgehead atoms. The number of rotatable bonds is 10. The molecule has 3 atom stereocenters. The second kappa shape index (κ2) is 11.3.